The molecule has 4 rings (SSSR count). The molecule has 1 unspecified atom stereocenters. The fraction of sp³-hybridized carbons (Fsp3) is 0.286. The lowest BCUT2D eigenvalue weighted by Crippen LogP contribution is -2.36. The van der Waals surface area contributed by atoms with Crippen molar-refractivity contribution in [2.24, 2.45) is 0 Å². The Bertz CT molecular complexity index is 1230. The third kappa shape index (κ3) is 6.20. The largest absolute Gasteiger partial charge is 0.487 e. The molecule has 0 fully saturated rings. The Morgan fingerprint density at radius 1 is 1.09 bits per heavy atom. The number of fused-ring (bicyclic) bond motifs is 1. The normalized spacial score (nSPS) is 16.4. The van der Waals surface area contributed by atoms with Crippen LogP contribution in [0.3, 0.4) is 0 Å². The van der Waals surface area contributed by atoms with Gasteiger partial charge in [0.25, 0.3) is 5.91 Å². The second-order valence-electron chi connectivity index (χ2n) is 9.19. The van der Waals surface area contributed by atoms with E-state index in [1.165, 1.54) is 11.0 Å². The first-order chi connectivity index (χ1) is 16.7. The Balaban J connectivity index is 1.45. The molecule has 0 radical (unpaired) electrons. The van der Waals surface area contributed by atoms with Gasteiger partial charge in [-0.05, 0) is 66.8 Å². The van der Waals surface area contributed by atoms with Gasteiger partial charge in [-0.15, -0.1) is 0 Å². The third-order valence-corrected chi connectivity index (χ3v) is 6.43. The van der Waals surface area contributed by atoms with Gasteiger partial charge in [-0.1, -0.05) is 48.0 Å². The molecule has 3 aromatic carbocycles. The van der Waals surface area contributed by atoms with Gasteiger partial charge in [0.2, 0.25) is 0 Å². The lowest BCUT2D eigenvalue weighted by atomic mass is 9.91. The van der Waals surface area contributed by atoms with Gasteiger partial charge in [0.15, 0.2) is 0 Å². The van der Waals surface area contributed by atoms with Gasteiger partial charge >= 0.3 is 5.97 Å². The number of carboxylic acids is 1. The van der Waals surface area contributed by atoms with Gasteiger partial charge in [-0.2, -0.15) is 0 Å². The van der Waals surface area contributed by atoms with Crippen LogP contribution in [-0.4, -0.2) is 40.6 Å². The van der Waals surface area contributed by atoms with Crippen LogP contribution < -0.4 is 4.74 Å². The molecule has 1 N–H and O–H groups in total. The van der Waals surface area contributed by atoms with Gasteiger partial charge in [0.1, 0.15) is 23.7 Å². The number of rotatable bonds is 9. The van der Waals surface area contributed by atoms with Crippen molar-refractivity contribution in [3.05, 3.63) is 99.8 Å². The Morgan fingerprint density at radius 2 is 1.86 bits per heavy atom. The van der Waals surface area contributed by atoms with E-state index in [2.05, 4.69) is 0 Å². The van der Waals surface area contributed by atoms with Crippen LogP contribution in [0.15, 0.2) is 66.7 Å². The molecule has 1 aliphatic heterocycles. The van der Waals surface area contributed by atoms with Gasteiger partial charge < -0.3 is 14.7 Å². The summed E-state index contributed by atoms with van der Waals surface area (Å²) in [5.74, 6) is -1.14. The average molecular weight is 496 g/mol. The maximum absolute atomic E-state index is 13.5. The monoisotopic (exact) mass is 495 g/mol. The van der Waals surface area contributed by atoms with Crippen molar-refractivity contribution in [2.45, 2.75) is 38.2 Å². The number of carboxylic acid groups (broad SMARTS) is 1. The van der Waals surface area contributed by atoms with E-state index in [0.29, 0.717) is 37.1 Å². The van der Waals surface area contributed by atoms with E-state index >= 15 is 0 Å². The van der Waals surface area contributed by atoms with E-state index in [1.54, 1.807) is 30.3 Å². The summed E-state index contributed by atoms with van der Waals surface area (Å²) >= 11 is 5.93. The Morgan fingerprint density at radius 3 is 2.57 bits per heavy atom. The second-order valence-corrected chi connectivity index (χ2v) is 9.59. The standard InChI is InChI=1S/C28H27ClFNO4/c1-28(16-20-9-11-24(30)23(29)14-20)17-22-15-21(10-12-25(22)35-28)27(34)31(18-26(32)33)13-5-8-19-6-3-2-4-7-19/h2-4,6-7,9-12,14-15H,5,8,13,16-18H2,1H3,(H,32,33). The number of ether oxygens (including phenoxy) is 1. The molecule has 5 nitrogen and oxygen atoms in total. The highest BCUT2D eigenvalue weighted by molar-refractivity contribution is 6.30. The molecule has 0 aromatic heterocycles. The molecular formula is C28H27ClFNO4. The maximum atomic E-state index is 13.5. The molecule has 1 atom stereocenters. The van der Waals surface area contributed by atoms with Gasteiger partial charge in [-0.25, -0.2) is 4.39 Å². The van der Waals surface area contributed by atoms with Crippen LogP contribution in [0.2, 0.25) is 5.02 Å². The maximum Gasteiger partial charge on any atom is 0.323 e. The predicted molar refractivity (Wildman–Crippen MR) is 133 cm³/mol. The molecule has 1 aliphatic rings. The zero-order valence-corrected chi connectivity index (χ0v) is 20.2. The van der Waals surface area contributed by atoms with Crippen molar-refractivity contribution in [1.29, 1.82) is 0 Å². The number of halogens is 2. The second kappa shape index (κ2) is 10.5. The summed E-state index contributed by atoms with van der Waals surface area (Å²) in [7, 11) is 0. The van der Waals surface area contributed by atoms with E-state index in [-0.39, 0.29) is 17.5 Å². The van der Waals surface area contributed by atoms with Crippen LogP contribution >= 0.6 is 11.6 Å². The molecule has 1 amide bonds. The minimum absolute atomic E-state index is 0.0697. The summed E-state index contributed by atoms with van der Waals surface area (Å²) in [5.41, 5.74) is 2.75. The summed E-state index contributed by atoms with van der Waals surface area (Å²) < 4.78 is 19.7. The van der Waals surface area contributed by atoms with E-state index < -0.39 is 17.4 Å². The van der Waals surface area contributed by atoms with Crippen molar-refractivity contribution in [2.75, 3.05) is 13.1 Å². The van der Waals surface area contributed by atoms with Crippen LogP contribution in [-0.2, 0) is 24.1 Å². The van der Waals surface area contributed by atoms with E-state index in [9.17, 15) is 19.1 Å². The summed E-state index contributed by atoms with van der Waals surface area (Å²) in [5, 5.41) is 9.42. The Hall–Kier alpha value is -3.38. The first-order valence-electron chi connectivity index (χ1n) is 11.5. The van der Waals surface area contributed by atoms with Crippen LogP contribution in [0, 0.1) is 5.82 Å². The highest BCUT2D eigenvalue weighted by Gasteiger charge is 2.35. The molecule has 182 valence electrons. The fourth-order valence-corrected chi connectivity index (χ4v) is 4.75. The number of nitrogens with zero attached hydrogens (tertiary/aromatic N) is 1. The molecule has 7 heteroatoms. The highest BCUT2D eigenvalue weighted by Crippen LogP contribution is 2.38. The third-order valence-electron chi connectivity index (χ3n) is 6.14. The minimum atomic E-state index is -1.05. The van der Waals surface area contributed by atoms with Gasteiger partial charge in [0, 0.05) is 24.9 Å². The van der Waals surface area contributed by atoms with Crippen molar-refractivity contribution in [1.82, 2.24) is 4.90 Å². The van der Waals surface area contributed by atoms with Crippen LogP contribution in [0.4, 0.5) is 4.39 Å². The van der Waals surface area contributed by atoms with E-state index in [0.717, 1.165) is 23.1 Å². The smallest absolute Gasteiger partial charge is 0.323 e. The Labute approximate surface area is 209 Å². The van der Waals surface area contributed by atoms with Crippen LogP contribution in [0.5, 0.6) is 5.75 Å². The number of aliphatic carboxylic acids is 1. The fourth-order valence-electron chi connectivity index (χ4n) is 4.55. The Kier molecular flexibility index (Phi) is 7.41. The summed E-state index contributed by atoms with van der Waals surface area (Å²) in [4.78, 5) is 26.0. The first-order valence-corrected chi connectivity index (χ1v) is 11.9. The van der Waals surface area contributed by atoms with Crippen LogP contribution in [0.25, 0.3) is 0 Å². The lowest BCUT2D eigenvalue weighted by Gasteiger charge is -2.24. The molecule has 0 saturated carbocycles. The summed E-state index contributed by atoms with van der Waals surface area (Å²) in [6.45, 7) is 1.95. The van der Waals surface area contributed by atoms with Gasteiger partial charge in [0.05, 0.1) is 5.02 Å². The van der Waals surface area contributed by atoms with Crippen molar-refractivity contribution in [3.8, 4) is 5.75 Å². The number of aryl methyl sites for hydroxylation is 1. The zero-order chi connectivity index (χ0) is 25.0. The zero-order valence-electron chi connectivity index (χ0n) is 19.5. The van der Waals surface area contributed by atoms with Crippen molar-refractivity contribution in [3.63, 3.8) is 0 Å². The number of carbonyl (C=O) groups is 2. The molecular weight excluding hydrogens is 469 g/mol. The topological polar surface area (TPSA) is 66.8 Å². The number of amides is 1. The van der Waals surface area contributed by atoms with E-state index in [4.69, 9.17) is 16.3 Å². The SMILES string of the molecule is CC1(Cc2ccc(F)c(Cl)c2)Cc2cc(C(=O)N(CCCc3ccccc3)CC(=O)O)ccc2O1. The molecule has 1 heterocycles. The molecule has 0 spiro atoms. The molecule has 35 heavy (non-hydrogen) atoms. The first kappa shape index (κ1) is 24.7. The minimum Gasteiger partial charge on any atom is -0.487 e. The highest BCUT2D eigenvalue weighted by atomic mass is 35.5. The van der Waals surface area contributed by atoms with Crippen molar-refractivity contribution < 1.29 is 23.8 Å². The summed E-state index contributed by atoms with van der Waals surface area (Å²) in [6.07, 6.45) is 2.50. The number of benzene rings is 3. The quantitative estimate of drug-likeness (QED) is 0.421. The van der Waals surface area contributed by atoms with Gasteiger partial charge in [-0.3, -0.25) is 9.59 Å². The van der Waals surface area contributed by atoms with Crippen molar-refractivity contribution >= 4 is 23.5 Å². The number of carbonyl (C=O) groups excluding carboxylic acids is 1. The molecule has 3 aromatic rings. The number of hydrogen-bond acceptors (Lipinski definition) is 3. The molecule has 0 bridgehead atoms. The lowest BCUT2D eigenvalue weighted by molar-refractivity contribution is -0.137. The molecule has 0 aliphatic carbocycles. The van der Waals surface area contributed by atoms with E-state index in [1.807, 2.05) is 37.3 Å². The predicted octanol–water partition coefficient (Wildman–Crippen LogP) is 5.58. The van der Waals surface area contributed by atoms with Crippen LogP contribution in [0.1, 0.15) is 40.4 Å². The summed E-state index contributed by atoms with van der Waals surface area (Å²) in [6, 6.07) is 19.7. The number of hydrogen-bond donors (Lipinski definition) is 1. The average Bonchev–Trinajstić information content (AvgIpc) is 3.15. The molecule has 0 saturated heterocycles.